The molecule has 0 amide bonds. The summed E-state index contributed by atoms with van der Waals surface area (Å²) < 4.78 is 0. The number of hydrogen-bond acceptors (Lipinski definition) is 2. The number of aromatic nitrogens is 1. The van der Waals surface area contributed by atoms with Gasteiger partial charge in [-0.2, -0.15) is 0 Å². The third-order valence-electron chi connectivity index (χ3n) is 2.59. The lowest BCUT2D eigenvalue weighted by Crippen LogP contribution is -2.17. The molecule has 1 unspecified atom stereocenters. The van der Waals surface area contributed by atoms with Gasteiger partial charge in [-0.05, 0) is 38.1 Å². The van der Waals surface area contributed by atoms with Crippen molar-refractivity contribution < 1.29 is 0 Å². The molecule has 2 nitrogen and oxygen atoms in total. The zero-order valence-corrected chi connectivity index (χ0v) is 15.2. The molecule has 1 atom stereocenters. The fourth-order valence-corrected chi connectivity index (χ4v) is 1.90. The van der Waals surface area contributed by atoms with Crippen LogP contribution in [0.2, 0.25) is 0 Å². The molecule has 0 saturated carbocycles. The molecule has 17 heavy (non-hydrogen) atoms. The minimum atomic E-state index is 0.610. The standard InChI is InChI=1S/C10H14N2.C3H8.I2/c1-12-7-3-5-10(12)9-4-2-6-11-8-9;1-3-2;1-2/h2,4,6,8,10H,3,5,7H2,1H3;3H2,1-2H3;. The molecule has 0 spiro atoms. The molecule has 0 bridgehead atoms. The van der Waals surface area contributed by atoms with Gasteiger partial charge < -0.3 is 0 Å². The Kier molecular flexibility index (Phi) is 12.0. The Bertz CT molecular complexity index is 267. The Morgan fingerprint density at radius 3 is 2.47 bits per heavy atom. The van der Waals surface area contributed by atoms with Gasteiger partial charge in [-0.1, -0.05) is 26.3 Å². The molecule has 1 aliphatic heterocycles. The maximum atomic E-state index is 4.14. The molecule has 1 aromatic rings. The summed E-state index contributed by atoms with van der Waals surface area (Å²) in [5.74, 6) is 0. The molecule has 0 aliphatic carbocycles. The highest BCUT2D eigenvalue weighted by molar-refractivity contribution is 15.0. The number of hydrogen-bond donors (Lipinski definition) is 0. The SMILES string of the molecule is CCC.CN1CCCC1c1cccnc1.II. The van der Waals surface area contributed by atoms with Crippen molar-refractivity contribution in [1.82, 2.24) is 9.88 Å². The van der Waals surface area contributed by atoms with Crippen LogP contribution in [0.1, 0.15) is 44.7 Å². The summed E-state index contributed by atoms with van der Waals surface area (Å²) in [6.45, 7) is 5.47. The predicted octanol–water partition coefficient (Wildman–Crippen LogP) is 5.04. The average molecular weight is 460 g/mol. The van der Waals surface area contributed by atoms with E-state index in [1.807, 2.05) is 18.5 Å². The van der Waals surface area contributed by atoms with Crippen LogP contribution in [0, 0.1) is 0 Å². The van der Waals surface area contributed by atoms with Gasteiger partial charge in [-0.25, -0.2) is 0 Å². The van der Waals surface area contributed by atoms with E-state index in [9.17, 15) is 0 Å². The molecular weight excluding hydrogens is 438 g/mol. The minimum Gasteiger partial charge on any atom is -0.299 e. The number of halogens is 2. The quantitative estimate of drug-likeness (QED) is 0.547. The summed E-state index contributed by atoms with van der Waals surface area (Å²) in [6.07, 6.45) is 7.66. The molecule has 1 fully saturated rings. The topological polar surface area (TPSA) is 16.1 Å². The first-order chi connectivity index (χ1) is 8.29. The van der Waals surface area contributed by atoms with E-state index < -0.39 is 0 Å². The van der Waals surface area contributed by atoms with Crippen molar-refractivity contribution in [3.63, 3.8) is 0 Å². The zero-order valence-electron chi connectivity index (χ0n) is 10.9. The highest BCUT2D eigenvalue weighted by Crippen LogP contribution is 2.29. The molecule has 4 heteroatoms. The lowest BCUT2D eigenvalue weighted by atomic mass is 10.1. The number of nitrogens with zero attached hydrogens (tertiary/aromatic N) is 2. The van der Waals surface area contributed by atoms with Crippen molar-refractivity contribution >= 4 is 37.2 Å². The van der Waals surface area contributed by atoms with Crippen molar-refractivity contribution in [2.45, 2.75) is 39.2 Å². The smallest absolute Gasteiger partial charge is 0.0360 e. The van der Waals surface area contributed by atoms with Crippen LogP contribution in [-0.4, -0.2) is 23.5 Å². The van der Waals surface area contributed by atoms with Crippen LogP contribution in [0.3, 0.4) is 0 Å². The average Bonchev–Trinajstić information content (AvgIpc) is 2.80. The molecule has 1 aliphatic rings. The van der Waals surface area contributed by atoms with Gasteiger partial charge in [-0.15, -0.1) is 0 Å². The predicted molar refractivity (Wildman–Crippen MR) is 92.8 cm³/mol. The summed E-state index contributed by atoms with van der Waals surface area (Å²) >= 11 is 4.24. The largest absolute Gasteiger partial charge is 0.299 e. The Labute approximate surface area is 129 Å². The number of likely N-dealkylation sites (tertiary alicyclic amines) is 1. The third-order valence-corrected chi connectivity index (χ3v) is 2.59. The molecule has 1 saturated heterocycles. The van der Waals surface area contributed by atoms with E-state index in [0.717, 1.165) is 0 Å². The van der Waals surface area contributed by atoms with Crippen LogP contribution in [0.5, 0.6) is 0 Å². The van der Waals surface area contributed by atoms with E-state index >= 15 is 0 Å². The summed E-state index contributed by atoms with van der Waals surface area (Å²) in [4.78, 5) is 6.54. The van der Waals surface area contributed by atoms with Crippen molar-refractivity contribution in [3.05, 3.63) is 30.1 Å². The molecule has 2 heterocycles. The summed E-state index contributed by atoms with van der Waals surface area (Å²) in [6, 6.07) is 4.79. The second-order valence-electron chi connectivity index (χ2n) is 4.13. The Morgan fingerprint density at radius 1 is 1.41 bits per heavy atom. The molecule has 0 N–H and O–H groups in total. The van der Waals surface area contributed by atoms with E-state index in [1.54, 1.807) is 0 Å². The molecule has 2 rings (SSSR count). The Balaban J connectivity index is 0.000000450. The number of pyridine rings is 1. The maximum absolute atomic E-state index is 4.14. The maximum Gasteiger partial charge on any atom is 0.0360 e. The first-order valence-corrected chi connectivity index (χ1v) is 12.3. The fraction of sp³-hybridized carbons (Fsp3) is 0.615. The van der Waals surface area contributed by atoms with Gasteiger partial charge >= 0.3 is 0 Å². The van der Waals surface area contributed by atoms with Crippen molar-refractivity contribution in [3.8, 4) is 0 Å². The molecular formula is C13H22I2N2. The van der Waals surface area contributed by atoms with Gasteiger partial charge in [0.05, 0.1) is 0 Å². The first-order valence-electron chi connectivity index (χ1n) is 6.04. The van der Waals surface area contributed by atoms with Crippen LogP contribution < -0.4 is 0 Å². The first kappa shape index (κ1) is 17.6. The van der Waals surface area contributed by atoms with Gasteiger partial charge in [0.1, 0.15) is 0 Å². The second kappa shape index (κ2) is 11.6. The molecule has 1 aromatic heterocycles. The summed E-state index contributed by atoms with van der Waals surface area (Å²) in [5.41, 5.74) is 1.36. The van der Waals surface area contributed by atoms with E-state index in [0.29, 0.717) is 6.04 Å². The van der Waals surface area contributed by atoms with Crippen molar-refractivity contribution in [2.75, 3.05) is 13.6 Å². The minimum absolute atomic E-state index is 0.610. The van der Waals surface area contributed by atoms with E-state index in [4.69, 9.17) is 0 Å². The van der Waals surface area contributed by atoms with Crippen LogP contribution in [0.4, 0.5) is 0 Å². The Morgan fingerprint density at radius 2 is 2.06 bits per heavy atom. The van der Waals surface area contributed by atoms with Crippen LogP contribution in [-0.2, 0) is 0 Å². The summed E-state index contributed by atoms with van der Waals surface area (Å²) in [5, 5.41) is 0. The molecule has 0 radical (unpaired) electrons. The van der Waals surface area contributed by atoms with Gasteiger partial charge in [0.2, 0.25) is 0 Å². The van der Waals surface area contributed by atoms with Gasteiger partial charge in [0.15, 0.2) is 0 Å². The van der Waals surface area contributed by atoms with Crippen molar-refractivity contribution in [1.29, 1.82) is 0 Å². The monoisotopic (exact) mass is 460 g/mol. The van der Waals surface area contributed by atoms with Crippen molar-refractivity contribution in [2.24, 2.45) is 0 Å². The lowest BCUT2D eigenvalue weighted by molar-refractivity contribution is 0.317. The Hall–Kier alpha value is 0.570. The number of rotatable bonds is 1. The normalized spacial score (nSPS) is 18.8. The zero-order chi connectivity index (χ0) is 13.1. The van der Waals surface area contributed by atoms with Gasteiger partial charge in [-0.3, -0.25) is 9.88 Å². The van der Waals surface area contributed by atoms with Crippen LogP contribution in [0.25, 0.3) is 0 Å². The highest BCUT2D eigenvalue weighted by atomic mass is 128. The van der Waals surface area contributed by atoms with Crippen LogP contribution in [0.15, 0.2) is 24.5 Å². The fourth-order valence-electron chi connectivity index (χ4n) is 1.90. The van der Waals surface area contributed by atoms with Crippen LogP contribution >= 0.6 is 37.2 Å². The lowest BCUT2D eigenvalue weighted by Gasteiger charge is -2.18. The van der Waals surface area contributed by atoms with Gasteiger partial charge in [0, 0.05) is 55.7 Å². The second-order valence-corrected chi connectivity index (χ2v) is 4.13. The molecule has 98 valence electrons. The highest BCUT2D eigenvalue weighted by Gasteiger charge is 2.21. The summed E-state index contributed by atoms with van der Waals surface area (Å²) in [7, 11) is 2.19. The molecule has 0 aromatic carbocycles. The van der Waals surface area contributed by atoms with Gasteiger partial charge in [0.25, 0.3) is 0 Å². The third kappa shape index (κ3) is 6.91. The van der Waals surface area contributed by atoms with E-state index in [-0.39, 0.29) is 0 Å². The van der Waals surface area contributed by atoms with E-state index in [2.05, 4.69) is 74.1 Å². The van der Waals surface area contributed by atoms with E-state index in [1.165, 1.54) is 31.4 Å².